The lowest BCUT2D eigenvalue weighted by Crippen LogP contribution is -2.26. The molecule has 5 aromatic rings. The van der Waals surface area contributed by atoms with Gasteiger partial charge in [-0.25, -0.2) is 8.42 Å². The Morgan fingerprint density at radius 2 is 1.27 bits per heavy atom. The maximum absolute atomic E-state index is 10.3. The molecule has 3 aromatic carbocycles. The zero-order chi connectivity index (χ0) is 29.0. The van der Waals surface area contributed by atoms with Gasteiger partial charge in [0.2, 0.25) is 21.6 Å². The first-order chi connectivity index (χ1) is 19.1. The topological polar surface area (TPSA) is 139 Å². The molecule has 2 heterocycles. The molecule has 2 aromatic heterocycles. The molecule has 0 aliphatic heterocycles. The third-order valence-electron chi connectivity index (χ3n) is 6.24. The van der Waals surface area contributed by atoms with Crippen LogP contribution in [-0.2, 0) is 10.4 Å². The molecule has 0 aliphatic rings. The van der Waals surface area contributed by atoms with E-state index in [2.05, 4.69) is 10.5 Å². The zero-order valence-electron chi connectivity index (χ0n) is 22.1. The molecule has 0 bridgehead atoms. The summed E-state index contributed by atoms with van der Waals surface area (Å²) in [7, 11) is 1.61. The average molecular weight is 566 g/mol. The molecule has 5 rings (SSSR count). The Labute approximate surface area is 230 Å². The summed E-state index contributed by atoms with van der Waals surface area (Å²) in [6.07, 6.45) is 5.94. The van der Waals surface area contributed by atoms with Crippen LogP contribution in [-0.4, -0.2) is 51.1 Å². The van der Waals surface area contributed by atoms with Crippen LogP contribution in [0.2, 0.25) is 0 Å². The number of phenolic OH excluding ortho intramolecular Hbond substituents is 1. The van der Waals surface area contributed by atoms with Crippen LogP contribution >= 0.6 is 0 Å². The number of aromatic nitrogens is 1. The minimum atomic E-state index is -4.92. The van der Waals surface area contributed by atoms with Gasteiger partial charge in [-0.1, -0.05) is 18.2 Å². The molecule has 208 valence electrons. The highest BCUT2D eigenvalue weighted by Crippen LogP contribution is 2.37. The predicted octanol–water partition coefficient (Wildman–Crippen LogP) is 4.65. The number of rotatable bonds is 6. The summed E-state index contributed by atoms with van der Waals surface area (Å²) in [6, 6.07) is 19.4. The van der Waals surface area contributed by atoms with Crippen molar-refractivity contribution in [2.75, 3.05) is 28.4 Å². The summed E-state index contributed by atoms with van der Waals surface area (Å²) >= 11 is 0. The van der Waals surface area contributed by atoms with Crippen molar-refractivity contribution in [1.82, 2.24) is 0 Å². The quantitative estimate of drug-likeness (QED) is 0.0990. The van der Waals surface area contributed by atoms with E-state index in [1.807, 2.05) is 60.8 Å². The molecule has 0 unspecified atom stereocenters. The van der Waals surface area contributed by atoms with Gasteiger partial charge in [0.25, 0.3) is 0 Å². The Morgan fingerprint density at radius 1 is 0.750 bits per heavy atom. The van der Waals surface area contributed by atoms with Crippen LogP contribution in [0.5, 0.6) is 28.7 Å². The summed E-state index contributed by atoms with van der Waals surface area (Å²) in [5, 5.41) is 14.3. The number of fused-ring (bicyclic) bond motifs is 4. The summed E-state index contributed by atoms with van der Waals surface area (Å²) in [6.45, 7) is 0. The lowest BCUT2D eigenvalue weighted by atomic mass is 10.0. The van der Waals surface area contributed by atoms with Crippen LogP contribution in [0.15, 0.2) is 66.9 Å². The normalized spacial score (nSPS) is 11.4. The summed E-state index contributed by atoms with van der Waals surface area (Å²) in [5.41, 5.74) is 2.64. The van der Waals surface area contributed by atoms with Crippen LogP contribution < -0.4 is 23.3 Å². The van der Waals surface area contributed by atoms with Gasteiger partial charge in [-0.3, -0.25) is 4.55 Å². The van der Waals surface area contributed by atoms with E-state index in [-0.39, 0.29) is 5.75 Å². The molecule has 2 N–H and O–H groups in total. The van der Waals surface area contributed by atoms with Crippen LogP contribution in [0.4, 0.5) is 0 Å². The molecule has 0 amide bonds. The fourth-order valence-corrected chi connectivity index (χ4v) is 4.46. The third kappa shape index (κ3) is 6.01. The minimum Gasteiger partial charge on any atom is -0.726 e. The summed E-state index contributed by atoms with van der Waals surface area (Å²) < 4.78 is 57.2. The SMILES string of the molecule is COc1cc2cc3c4cc(OC)c(OC)cc4cc[n+]3c(/C=C\c3ccccc3O)c2cc1OC.O=S(=O)([O-])O. The molecule has 0 atom stereocenters. The minimum absolute atomic E-state index is 0.222. The molecular formula is C29H27NO9S. The van der Waals surface area contributed by atoms with E-state index in [4.69, 9.17) is 36.5 Å². The van der Waals surface area contributed by atoms with Crippen LogP contribution in [0.25, 0.3) is 39.2 Å². The number of methoxy groups -OCH3 is 4. The second-order valence-corrected chi connectivity index (χ2v) is 9.36. The van der Waals surface area contributed by atoms with Gasteiger partial charge in [0.15, 0.2) is 29.2 Å². The fourth-order valence-electron chi connectivity index (χ4n) is 4.46. The van der Waals surface area contributed by atoms with Gasteiger partial charge < -0.3 is 28.6 Å². The van der Waals surface area contributed by atoms with Gasteiger partial charge in [-0.15, -0.1) is 0 Å². The molecule has 0 saturated carbocycles. The number of aromatic hydroxyl groups is 1. The zero-order valence-corrected chi connectivity index (χ0v) is 22.9. The third-order valence-corrected chi connectivity index (χ3v) is 6.24. The van der Waals surface area contributed by atoms with E-state index < -0.39 is 10.4 Å². The van der Waals surface area contributed by atoms with E-state index in [0.717, 1.165) is 38.3 Å². The largest absolute Gasteiger partial charge is 0.726 e. The first kappa shape index (κ1) is 28.4. The number of hydrogen-bond acceptors (Lipinski definition) is 8. The second kappa shape index (κ2) is 11.7. The predicted molar refractivity (Wildman–Crippen MR) is 150 cm³/mol. The Balaban J connectivity index is 0.000000681. The number of para-hydroxylation sites is 1. The van der Waals surface area contributed by atoms with Gasteiger partial charge >= 0.3 is 0 Å². The van der Waals surface area contributed by atoms with Crippen molar-refractivity contribution in [3.8, 4) is 28.7 Å². The Morgan fingerprint density at radius 3 is 1.85 bits per heavy atom. The summed E-state index contributed by atoms with van der Waals surface area (Å²) in [5.74, 6) is 2.85. The number of pyridine rings is 2. The Hall–Kier alpha value is -4.58. The van der Waals surface area contributed by atoms with Crippen molar-refractivity contribution < 1.29 is 46.0 Å². The van der Waals surface area contributed by atoms with Gasteiger partial charge in [-0.2, -0.15) is 4.40 Å². The molecule has 0 spiro atoms. The van der Waals surface area contributed by atoms with Crippen LogP contribution in [0.3, 0.4) is 0 Å². The standard InChI is InChI=1S/C29H25NO5.H2O4S/c1-32-26-14-19-11-12-30-23(10-9-18-7-5-6-8-25(18)31)22-17-29(35-4)27(33-2)15-20(22)13-24(30)21(19)16-28(26)34-3;1-5(2,3)4/h5-17H,1-4H3;(H2,1,2,3,4). The van der Waals surface area contributed by atoms with E-state index in [1.54, 1.807) is 40.6 Å². The first-order valence-electron chi connectivity index (χ1n) is 11.8. The van der Waals surface area contributed by atoms with E-state index in [9.17, 15) is 5.11 Å². The van der Waals surface area contributed by atoms with Gasteiger partial charge in [-0.05, 0) is 47.2 Å². The van der Waals surface area contributed by atoms with Gasteiger partial charge in [0.05, 0.1) is 39.2 Å². The molecule has 0 radical (unpaired) electrons. The Bertz CT molecular complexity index is 1840. The van der Waals surface area contributed by atoms with E-state index >= 15 is 0 Å². The Kier molecular flexibility index (Phi) is 8.29. The molecule has 0 fully saturated rings. The number of ether oxygens (including phenoxy) is 4. The second-order valence-electron chi connectivity index (χ2n) is 8.51. The van der Waals surface area contributed by atoms with E-state index in [0.29, 0.717) is 23.0 Å². The van der Waals surface area contributed by atoms with Crippen molar-refractivity contribution >= 4 is 49.6 Å². The average Bonchev–Trinajstić information content (AvgIpc) is 2.93. The first-order valence-corrected chi connectivity index (χ1v) is 13.2. The molecule has 40 heavy (non-hydrogen) atoms. The maximum Gasteiger partial charge on any atom is 0.219 e. The monoisotopic (exact) mass is 565 g/mol. The smallest absolute Gasteiger partial charge is 0.219 e. The van der Waals surface area contributed by atoms with Crippen LogP contribution in [0, 0.1) is 0 Å². The van der Waals surface area contributed by atoms with Crippen molar-refractivity contribution in [2.45, 2.75) is 0 Å². The van der Waals surface area contributed by atoms with E-state index in [1.165, 1.54) is 0 Å². The number of phenols is 1. The highest BCUT2D eigenvalue weighted by molar-refractivity contribution is 7.79. The lowest BCUT2D eigenvalue weighted by molar-refractivity contribution is -0.511. The van der Waals surface area contributed by atoms with Crippen molar-refractivity contribution in [3.05, 3.63) is 78.1 Å². The number of benzene rings is 3. The molecule has 0 saturated heterocycles. The molecule has 11 heteroatoms. The van der Waals surface area contributed by atoms with Crippen LogP contribution in [0.1, 0.15) is 11.3 Å². The van der Waals surface area contributed by atoms with Crippen molar-refractivity contribution in [1.29, 1.82) is 0 Å². The number of nitrogens with zero attached hydrogens (tertiary/aromatic N) is 1. The van der Waals surface area contributed by atoms with Gasteiger partial charge in [0.1, 0.15) is 5.75 Å². The lowest BCUT2D eigenvalue weighted by Gasteiger charge is -2.12. The van der Waals surface area contributed by atoms with Crippen molar-refractivity contribution in [3.63, 3.8) is 0 Å². The number of hydrogen-bond donors (Lipinski definition) is 2. The highest BCUT2D eigenvalue weighted by atomic mass is 32.3. The van der Waals surface area contributed by atoms with Crippen molar-refractivity contribution in [2.24, 2.45) is 0 Å². The van der Waals surface area contributed by atoms with Gasteiger partial charge in [0, 0.05) is 23.8 Å². The molecular weight excluding hydrogens is 538 g/mol. The fraction of sp³-hybridized carbons (Fsp3) is 0.138. The maximum atomic E-state index is 10.3. The summed E-state index contributed by atoms with van der Waals surface area (Å²) in [4.78, 5) is 0. The molecule has 10 nitrogen and oxygen atoms in total. The highest BCUT2D eigenvalue weighted by Gasteiger charge is 2.20. The molecule has 0 aliphatic carbocycles.